The molecule has 0 radical (unpaired) electrons. The highest BCUT2D eigenvalue weighted by molar-refractivity contribution is 7.15. The average Bonchev–Trinajstić information content (AvgIpc) is 2.99. The number of hydrogen-bond donors (Lipinski definition) is 0. The molecule has 116 valence electrons. The topological polar surface area (TPSA) is 46.1 Å². The molecule has 2 heterocycles. The van der Waals surface area contributed by atoms with E-state index >= 15 is 0 Å². The number of rotatable bonds is 4. The molecule has 1 amide bonds. The summed E-state index contributed by atoms with van der Waals surface area (Å²) in [5, 5.41) is 1.02. The highest BCUT2D eigenvalue weighted by atomic mass is 32.1. The molecule has 4 nitrogen and oxygen atoms in total. The summed E-state index contributed by atoms with van der Waals surface area (Å²) in [5.41, 5.74) is 2.24. The SMILES string of the molecule is CCN(CC)C(=O)C1CCc2nc(-c3cccnc3)sc2C1. The largest absolute Gasteiger partial charge is 0.343 e. The molecule has 1 atom stereocenters. The number of carbonyl (C=O) groups is 1. The van der Waals surface area contributed by atoms with Crippen LogP contribution in [-0.4, -0.2) is 33.9 Å². The van der Waals surface area contributed by atoms with E-state index in [1.807, 2.05) is 37.1 Å². The van der Waals surface area contributed by atoms with Gasteiger partial charge in [0.25, 0.3) is 0 Å². The van der Waals surface area contributed by atoms with Crippen LogP contribution in [0.15, 0.2) is 24.5 Å². The van der Waals surface area contributed by atoms with Crippen LogP contribution in [-0.2, 0) is 17.6 Å². The minimum atomic E-state index is 0.120. The summed E-state index contributed by atoms with van der Waals surface area (Å²) in [6.45, 7) is 5.68. The number of nitrogens with zero attached hydrogens (tertiary/aromatic N) is 3. The Balaban J connectivity index is 1.79. The number of aryl methyl sites for hydroxylation is 1. The number of pyridine rings is 1. The molecule has 2 aromatic heterocycles. The average molecular weight is 315 g/mol. The molecule has 22 heavy (non-hydrogen) atoms. The second-order valence-electron chi connectivity index (χ2n) is 5.58. The predicted octanol–water partition coefficient (Wildman–Crippen LogP) is 3.18. The zero-order valence-corrected chi connectivity index (χ0v) is 13.9. The number of carbonyl (C=O) groups excluding carboxylic acids is 1. The van der Waals surface area contributed by atoms with Crippen LogP contribution >= 0.6 is 11.3 Å². The third kappa shape index (κ3) is 2.90. The summed E-state index contributed by atoms with van der Waals surface area (Å²) in [4.78, 5) is 24.7. The van der Waals surface area contributed by atoms with E-state index in [0.29, 0.717) is 5.91 Å². The van der Waals surface area contributed by atoms with Gasteiger partial charge >= 0.3 is 0 Å². The summed E-state index contributed by atoms with van der Waals surface area (Å²) < 4.78 is 0. The molecular formula is C17H21N3OS. The van der Waals surface area contributed by atoms with Crippen LogP contribution in [0.25, 0.3) is 10.6 Å². The fourth-order valence-corrected chi connectivity index (χ4v) is 4.17. The molecule has 5 heteroatoms. The van der Waals surface area contributed by atoms with E-state index in [9.17, 15) is 4.79 Å². The van der Waals surface area contributed by atoms with Gasteiger partial charge in [-0.1, -0.05) is 0 Å². The Hall–Kier alpha value is -1.75. The van der Waals surface area contributed by atoms with E-state index in [2.05, 4.69) is 4.98 Å². The van der Waals surface area contributed by atoms with Crippen molar-refractivity contribution in [2.45, 2.75) is 33.1 Å². The van der Waals surface area contributed by atoms with E-state index in [1.54, 1.807) is 17.5 Å². The summed E-state index contributed by atoms with van der Waals surface area (Å²) in [6.07, 6.45) is 6.28. The number of amides is 1. The van der Waals surface area contributed by atoms with Crippen LogP contribution in [0, 0.1) is 5.92 Å². The van der Waals surface area contributed by atoms with Gasteiger partial charge < -0.3 is 4.90 Å². The standard InChI is InChI=1S/C17H21N3OS/c1-3-20(4-2)17(21)12-7-8-14-15(10-12)22-16(19-14)13-6-5-9-18-11-13/h5-6,9,11-12H,3-4,7-8,10H2,1-2H3. The lowest BCUT2D eigenvalue weighted by molar-refractivity contribution is -0.135. The van der Waals surface area contributed by atoms with E-state index < -0.39 is 0 Å². The van der Waals surface area contributed by atoms with Gasteiger partial charge in [0.05, 0.1) is 5.69 Å². The van der Waals surface area contributed by atoms with E-state index in [4.69, 9.17) is 4.98 Å². The van der Waals surface area contributed by atoms with E-state index in [0.717, 1.165) is 42.9 Å². The maximum Gasteiger partial charge on any atom is 0.226 e. The van der Waals surface area contributed by atoms with Crippen LogP contribution in [0.1, 0.15) is 30.8 Å². The van der Waals surface area contributed by atoms with Gasteiger partial charge in [0.2, 0.25) is 5.91 Å². The monoisotopic (exact) mass is 315 g/mol. The zero-order valence-electron chi connectivity index (χ0n) is 13.1. The van der Waals surface area contributed by atoms with Crippen molar-refractivity contribution < 1.29 is 4.79 Å². The first-order valence-electron chi connectivity index (χ1n) is 7.90. The van der Waals surface area contributed by atoms with Gasteiger partial charge in [0.1, 0.15) is 5.01 Å². The van der Waals surface area contributed by atoms with Crippen molar-refractivity contribution in [1.29, 1.82) is 0 Å². The van der Waals surface area contributed by atoms with Crippen LogP contribution in [0.3, 0.4) is 0 Å². The second-order valence-corrected chi connectivity index (χ2v) is 6.66. The van der Waals surface area contributed by atoms with Crippen molar-refractivity contribution in [3.8, 4) is 10.6 Å². The molecule has 1 aliphatic rings. The molecule has 0 saturated heterocycles. The molecule has 0 spiro atoms. The first kappa shape index (κ1) is 15.2. The lowest BCUT2D eigenvalue weighted by Gasteiger charge is -2.27. The fourth-order valence-electron chi connectivity index (χ4n) is 2.99. The number of aromatic nitrogens is 2. The molecule has 0 fully saturated rings. The molecule has 0 aromatic carbocycles. The summed E-state index contributed by atoms with van der Waals surface area (Å²) in [6, 6.07) is 3.97. The highest BCUT2D eigenvalue weighted by Crippen LogP contribution is 2.34. The third-order valence-corrected chi connectivity index (χ3v) is 5.44. The Labute approximate surface area is 135 Å². The number of thiazole rings is 1. The van der Waals surface area contributed by atoms with E-state index in [-0.39, 0.29) is 5.92 Å². The molecule has 2 aromatic rings. The van der Waals surface area contributed by atoms with Crippen molar-refractivity contribution in [1.82, 2.24) is 14.9 Å². The van der Waals surface area contributed by atoms with Crippen LogP contribution in [0.5, 0.6) is 0 Å². The third-order valence-electron chi connectivity index (χ3n) is 4.27. The summed E-state index contributed by atoms with van der Waals surface area (Å²) in [5.74, 6) is 0.418. The van der Waals surface area contributed by atoms with Crippen molar-refractivity contribution >= 4 is 17.2 Å². The van der Waals surface area contributed by atoms with Crippen molar-refractivity contribution in [3.05, 3.63) is 35.1 Å². The van der Waals surface area contributed by atoms with Gasteiger partial charge in [-0.2, -0.15) is 0 Å². The maximum absolute atomic E-state index is 12.5. The van der Waals surface area contributed by atoms with Crippen LogP contribution in [0.2, 0.25) is 0 Å². The highest BCUT2D eigenvalue weighted by Gasteiger charge is 2.29. The van der Waals surface area contributed by atoms with Gasteiger partial charge in [-0.15, -0.1) is 11.3 Å². The Morgan fingerprint density at radius 2 is 2.23 bits per heavy atom. The Bertz CT molecular complexity index is 649. The maximum atomic E-state index is 12.5. The minimum absolute atomic E-state index is 0.120. The second kappa shape index (κ2) is 6.57. The molecule has 3 rings (SSSR count). The molecule has 0 bridgehead atoms. The van der Waals surface area contributed by atoms with Crippen LogP contribution in [0.4, 0.5) is 0 Å². The molecular weight excluding hydrogens is 294 g/mol. The summed E-state index contributed by atoms with van der Waals surface area (Å²) in [7, 11) is 0. The van der Waals surface area contributed by atoms with Crippen molar-refractivity contribution in [3.63, 3.8) is 0 Å². The van der Waals surface area contributed by atoms with Gasteiger partial charge in [0.15, 0.2) is 0 Å². The van der Waals surface area contributed by atoms with Crippen molar-refractivity contribution in [2.75, 3.05) is 13.1 Å². The quantitative estimate of drug-likeness (QED) is 0.870. The van der Waals surface area contributed by atoms with Gasteiger partial charge in [-0.3, -0.25) is 9.78 Å². The Morgan fingerprint density at radius 1 is 1.41 bits per heavy atom. The van der Waals surface area contributed by atoms with Gasteiger partial charge in [-0.05, 0) is 45.2 Å². The number of hydrogen-bond acceptors (Lipinski definition) is 4. The fraction of sp³-hybridized carbons (Fsp3) is 0.471. The smallest absolute Gasteiger partial charge is 0.226 e. The number of fused-ring (bicyclic) bond motifs is 1. The lowest BCUT2D eigenvalue weighted by Crippen LogP contribution is -2.38. The molecule has 1 aliphatic carbocycles. The normalized spacial score (nSPS) is 17.1. The van der Waals surface area contributed by atoms with Crippen LogP contribution < -0.4 is 0 Å². The molecule has 1 unspecified atom stereocenters. The predicted molar refractivity (Wildman–Crippen MR) is 88.8 cm³/mol. The Kier molecular flexibility index (Phi) is 4.52. The van der Waals surface area contributed by atoms with E-state index in [1.165, 1.54) is 10.6 Å². The summed E-state index contributed by atoms with van der Waals surface area (Å²) >= 11 is 1.71. The molecule has 0 saturated carbocycles. The molecule has 0 N–H and O–H groups in total. The first-order valence-corrected chi connectivity index (χ1v) is 8.72. The van der Waals surface area contributed by atoms with Crippen molar-refractivity contribution in [2.24, 2.45) is 5.92 Å². The molecule has 0 aliphatic heterocycles. The Morgan fingerprint density at radius 3 is 2.91 bits per heavy atom. The lowest BCUT2D eigenvalue weighted by atomic mass is 9.90. The zero-order chi connectivity index (χ0) is 15.5. The van der Waals surface area contributed by atoms with Gasteiger partial charge in [-0.25, -0.2) is 4.98 Å². The minimum Gasteiger partial charge on any atom is -0.343 e. The first-order chi connectivity index (χ1) is 10.7. The van der Waals surface area contributed by atoms with Gasteiger partial charge in [0, 0.05) is 41.8 Å².